The second kappa shape index (κ2) is 3.97. The molecule has 1 aliphatic heterocycles. The molecule has 1 rings (SSSR count). The lowest BCUT2D eigenvalue weighted by atomic mass is 9.63. The fraction of sp³-hybridized carbons (Fsp3) is 1.00. The van der Waals surface area contributed by atoms with Crippen molar-refractivity contribution in [2.75, 3.05) is 6.61 Å². The Morgan fingerprint density at radius 1 is 1.19 bits per heavy atom. The van der Waals surface area contributed by atoms with E-state index in [2.05, 4.69) is 46.6 Å². The van der Waals surface area contributed by atoms with Gasteiger partial charge in [-0.3, -0.25) is 4.84 Å². The van der Waals surface area contributed by atoms with Crippen molar-refractivity contribution in [3.05, 3.63) is 0 Å². The molecule has 1 saturated heterocycles. The van der Waals surface area contributed by atoms with Crippen LogP contribution in [-0.4, -0.2) is 34.0 Å². The van der Waals surface area contributed by atoms with E-state index < -0.39 is 0 Å². The van der Waals surface area contributed by atoms with Gasteiger partial charge in [0, 0.05) is 16.5 Å². The summed E-state index contributed by atoms with van der Waals surface area (Å²) in [5, 5.41) is 12.4. The van der Waals surface area contributed by atoms with E-state index in [4.69, 9.17) is 4.84 Å². The van der Waals surface area contributed by atoms with Gasteiger partial charge in [-0.05, 0) is 41.0 Å². The molecule has 0 aliphatic carbocycles. The summed E-state index contributed by atoms with van der Waals surface area (Å²) in [5.41, 5.74) is -0.504. The van der Waals surface area contributed by atoms with Crippen molar-refractivity contribution in [1.29, 1.82) is 0 Å². The number of rotatable bonds is 2. The number of hydroxylamine groups is 2. The molecule has 3 nitrogen and oxygen atoms in total. The largest absolute Gasteiger partial charge is 0.392 e. The molecule has 1 N–H and O–H groups in total. The van der Waals surface area contributed by atoms with Crippen LogP contribution in [0.2, 0.25) is 0 Å². The number of aliphatic hydroxyl groups excluding tert-OH is 1. The van der Waals surface area contributed by atoms with Gasteiger partial charge < -0.3 is 5.11 Å². The van der Waals surface area contributed by atoms with Crippen LogP contribution in [0, 0.1) is 5.41 Å². The predicted octanol–water partition coefficient (Wildman–Crippen LogP) is 2.59. The van der Waals surface area contributed by atoms with Crippen molar-refractivity contribution in [3.63, 3.8) is 0 Å². The highest BCUT2D eigenvalue weighted by Crippen LogP contribution is 2.49. The van der Waals surface area contributed by atoms with Crippen molar-refractivity contribution in [3.8, 4) is 0 Å². The highest BCUT2D eigenvalue weighted by Gasteiger charge is 2.56. The first-order valence-corrected chi connectivity index (χ1v) is 6.18. The Kier molecular flexibility index (Phi) is 3.46. The Morgan fingerprint density at radius 3 is 2.12 bits per heavy atom. The van der Waals surface area contributed by atoms with Gasteiger partial charge in [-0.15, -0.1) is 0 Å². The lowest BCUT2D eigenvalue weighted by Crippen LogP contribution is -2.69. The molecule has 0 saturated carbocycles. The summed E-state index contributed by atoms with van der Waals surface area (Å²) in [7, 11) is 0. The molecule has 1 heterocycles. The summed E-state index contributed by atoms with van der Waals surface area (Å²) in [6.45, 7) is 15.4. The minimum absolute atomic E-state index is 0.131. The zero-order valence-corrected chi connectivity index (χ0v) is 11.8. The first kappa shape index (κ1) is 13.9. The van der Waals surface area contributed by atoms with Gasteiger partial charge in [0.15, 0.2) is 0 Å². The smallest absolute Gasteiger partial charge is 0.0657 e. The monoisotopic (exact) mass is 229 g/mol. The fourth-order valence-corrected chi connectivity index (χ4v) is 2.70. The van der Waals surface area contributed by atoms with E-state index in [1.807, 2.05) is 6.92 Å². The highest BCUT2D eigenvalue weighted by molar-refractivity contribution is 5.07. The first-order valence-electron chi connectivity index (χ1n) is 6.18. The van der Waals surface area contributed by atoms with Crippen molar-refractivity contribution in [1.82, 2.24) is 5.06 Å². The Balaban J connectivity index is 3.12. The van der Waals surface area contributed by atoms with Gasteiger partial charge in [0.25, 0.3) is 0 Å². The first-order chi connectivity index (χ1) is 7.07. The SMILES string of the molecule is CCON1C(C)(C)CC(O)C(C)(C)C1(C)C. The number of aliphatic hydroxyl groups is 1. The molecule has 0 spiro atoms. The van der Waals surface area contributed by atoms with Crippen molar-refractivity contribution in [2.45, 2.75) is 72.1 Å². The lowest BCUT2D eigenvalue weighted by Gasteiger charge is -2.60. The minimum atomic E-state index is -0.297. The standard InChI is InChI=1S/C13H27NO2/c1-8-16-14-11(2,3)9-10(15)12(4,5)13(14,6)7/h10,15H,8-9H2,1-7H3. The second-order valence-corrected chi connectivity index (χ2v) is 6.53. The average molecular weight is 229 g/mol. The van der Waals surface area contributed by atoms with Crippen LogP contribution in [0.3, 0.4) is 0 Å². The Hall–Kier alpha value is -0.120. The van der Waals surface area contributed by atoms with E-state index >= 15 is 0 Å². The van der Waals surface area contributed by atoms with Gasteiger partial charge in [-0.2, -0.15) is 5.06 Å². The van der Waals surface area contributed by atoms with Crippen LogP contribution in [0.5, 0.6) is 0 Å². The number of nitrogens with zero attached hydrogens (tertiary/aromatic N) is 1. The minimum Gasteiger partial charge on any atom is -0.392 e. The highest BCUT2D eigenvalue weighted by atomic mass is 16.7. The third-order valence-electron chi connectivity index (χ3n) is 4.42. The van der Waals surface area contributed by atoms with Crippen LogP contribution >= 0.6 is 0 Å². The Labute approximate surface area is 99.7 Å². The van der Waals surface area contributed by atoms with Gasteiger partial charge in [0.2, 0.25) is 0 Å². The lowest BCUT2D eigenvalue weighted by molar-refractivity contribution is -0.324. The van der Waals surface area contributed by atoms with Crippen LogP contribution in [0.4, 0.5) is 0 Å². The zero-order valence-electron chi connectivity index (χ0n) is 11.8. The molecular weight excluding hydrogens is 202 g/mol. The number of hydrogen-bond donors (Lipinski definition) is 1. The maximum absolute atomic E-state index is 10.3. The summed E-state index contributed by atoms with van der Waals surface area (Å²) in [6.07, 6.45) is 0.442. The number of hydrogen-bond acceptors (Lipinski definition) is 3. The molecule has 16 heavy (non-hydrogen) atoms. The topological polar surface area (TPSA) is 32.7 Å². The summed E-state index contributed by atoms with van der Waals surface area (Å²) in [6, 6.07) is 0. The molecule has 0 amide bonds. The molecule has 96 valence electrons. The van der Waals surface area contributed by atoms with Crippen molar-refractivity contribution < 1.29 is 9.94 Å². The second-order valence-electron chi connectivity index (χ2n) is 6.53. The molecule has 0 aromatic rings. The van der Waals surface area contributed by atoms with E-state index in [1.54, 1.807) is 0 Å². The van der Waals surface area contributed by atoms with Gasteiger partial charge in [-0.1, -0.05) is 13.8 Å². The molecule has 1 atom stereocenters. The van der Waals surface area contributed by atoms with Crippen LogP contribution in [0.1, 0.15) is 54.9 Å². The Bertz CT molecular complexity index is 259. The van der Waals surface area contributed by atoms with E-state index in [1.165, 1.54) is 0 Å². The summed E-state index contributed by atoms with van der Waals surface area (Å²) in [4.78, 5) is 5.82. The van der Waals surface area contributed by atoms with E-state index in [-0.39, 0.29) is 22.6 Å². The van der Waals surface area contributed by atoms with Crippen LogP contribution < -0.4 is 0 Å². The maximum Gasteiger partial charge on any atom is 0.0657 e. The van der Waals surface area contributed by atoms with Crippen LogP contribution in [-0.2, 0) is 4.84 Å². The van der Waals surface area contributed by atoms with E-state index in [0.717, 1.165) is 6.42 Å². The fourth-order valence-electron chi connectivity index (χ4n) is 2.70. The number of piperidine rings is 1. The molecule has 0 bridgehead atoms. The molecule has 1 aliphatic rings. The third-order valence-corrected chi connectivity index (χ3v) is 4.42. The molecular formula is C13H27NO2. The van der Waals surface area contributed by atoms with Gasteiger partial charge in [0.1, 0.15) is 0 Å². The van der Waals surface area contributed by atoms with Crippen molar-refractivity contribution in [2.24, 2.45) is 5.41 Å². The van der Waals surface area contributed by atoms with E-state index in [0.29, 0.717) is 6.61 Å². The molecule has 3 heteroatoms. The summed E-state index contributed by atoms with van der Waals surface area (Å²) < 4.78 is 0. The zero-order chi connectivity index (χ0) is 12.8. The van der Waals surface area contributed by atoms with Gasteiger partial charge >= 0.3 is 0 Å². The summed E-state index contributed by atoms with van der Waals surface area (Å²) in [5.74, 6) is 0. The van der Waals surface area contributed by atoms with Crippen molar-refractivity contribution >= 4 is 0 Å². The molecule has 0 radical (unpaired) electrons. The third kappa shape index (κ3) is 1.89. The normalized spacial score (nSPS) is 32.6. The molecule has 1 fully saturated rings. The summed E-state index contributed by atoms with van der Waals surface area (Å²) >= 11 is 0. The molecule has 0 aromatic heterocycles. The van der Waals surface area contributed by atoms with Gasteiger partial charge in [0.05, 0.1) is 12.7 Å². The molecule has 0 aromatic carbocycles. The maximum atomic E-state index is 10.3. The molecule has 1 unspecified atom stereocenters. The quantitative estimate of drug-likeness (QED) is 0.790. The van der Waals surface area contributed by atoms with Crippen LogP contribution in [0.15, 0.2) is 0 Å². The predicted molar refractivity (Wildman–Crippen MR) is 66.0 cm³/mol. The van der Waals surface area contributed by atoms with E-state index in [9.17, 15) is 5.11 Å². The van der Waals surface area contributed by atoms with Gasteiger partial charge in [-0.25, -0.2) is 0 Å². The van der Waals surface area contributed by atoms with Crippen LogP contribution in [0.25, 0.3) is 0 Å². The average Bonchev–Trinajstić information content (AvgIpc) is 2.10. The Morgan fingerprint density at radius 2 is 1.69 bits per heavy atom.